The number of nitrogens with one attached hydrogen (secondary N) is 1. The maximum Gasteiger partial charge on any atom is 0.256 e. The maximum atomic E-state index is 13.4. The van der Waals surface area contributed by atoms with Crippen LogP contribution in [0.4, 0.5) is 10.1 Å². The average molecular weight is 339 g/mol. The Morgan fingerprint density at radius 3 is 2.80 bits per heavy atom. The van der Waals surface area contributed by atoms with E-state index in [0.717, 1.165) is 19.3 Å². The highest BCUT2D eigenvalue weighted by Crippen LogP contribution is 2.40. The van der Waals surface area contributed by atoms with E-state index in [-0.39, 0.29) is 22.7 Å². The van der Waals surface area contributed by atoms with Crippen LogP contribution in [0.3, 0.4) is 0 Å². The summed E-state index contributed by atoms with van der Waals surface area (Å²) in [4.78, 5) is 24.4. The molecule has 1 N–H and O–H groups in total. The fourth-order valence-corrected chi connectivity index (χ4v) is 3.67. The summed E-state index contributed by atoms with van der Waals surface area (Å²) >= 11 is 0. The lowest BCUT2D eigenvalue weighted by atomic mass is 9.72. The predicted octanol–water partition coefficient (Wildman–Crippen LogP) is 4.81. The van der Waals surface area contributed by atoms with E-state index in [1.165, 1.54) is 41.5 Å². The molecular formula is C21H22FNO2. The van der Waals surface area contributed by atoms with Gasteiger partial charge in [0.25, 0.3) is 5.91 Å². The average Bonchev–Trinajstić information content (AvgIpc) is 2.82. The van der Waals surface area contributed by atoms with Crippen molar-refractivity contribution in [2.75, 3.05) is 5.32 Å². The van der Waals surface area contributed by atoms with Gasteiger partial charge in [0.05, 0.1) is 5.57 Å². The minimum atomic E-state index is -0.436. The molecule has 0 unspecified atom stereocenters. The molecule has 0 saturated heterocycles. The van der Waals surface area contributed by atoms with Crippen molar-refractivity contribution in [3.8, 4) is 0 Å². The van der Waals surface area contributed by atoms with E-state index in [0.29, 0.717) is 11.3 Å². The van der Waals surface area contributed by atoms with Crippen molar-refractivity contribution in [1.82, 2.24) is 0 Å². The molecule has 0 bridgehead atoms. The number of carbonyl (C=O) groups excluding carboxylic acids is 2. The molecule has 1 aliphatic heterocycles. The summed E-state index contributed by atoms with van der Waals surface area (Å²) in [6, 6.07) is 4.06. The molecule has 0 atom stereocenters. The van der Waals surface area contributed by atoms with Gasteiger partial charge in [-0.1, -0.05) is 25.5 Å². The molecule has 0 fully saturated rings. The number of amides is 1. The standard InChI is InChI=1S/C21H22FNO2/c1-13-5-4-10-21(2,3)18(13)8-7-15(24)12-17-16-11-14(22)6-9-19(16)23-20(17)25/h6-9,11-12H,4-5,10H2,1-3H3,(H,23,25). The predicted molar refractivity (Wildman–Crippen MR) is 97.5 cm³/mol. The number of rotatable bonds is 3. The second-order valence-corrected chi connectivity index (χ2v) is 7.37. The summed E-state index contributed by atoms with van der Waals surface area (Å²) in [5.41, 5.74) is 3.71. The van der Waals surface area contributed by atoms with E-state index in [2.05, 4.69) is 26.1 Å². The van der Waals surface area contributed by atoms with Gasteiger partial charge in [-0.05, 0) is 67.5 Å². The fraction of sp³-hybridized carbons (Fsp3) is 0.333. The molecule has 1 aromatic carbocycles. The van der Waals surface area contributed by atoms with Gasteiger partial charge in [0.2, 0.25) is 0 Å². The number of hydrogen-bond donors (Lipinski definition) is 1. The van der Waals surface area contributed by atoms with Gasteiger partial charge in [0.15, 0.2) is 5.78 Å². The Morgan fingerprint density at radius 1 is 1.32 bits per heavy atom. The zero-order valence-corrected chi connectivity index (χ0v) is 14.8. The minimum Gasteiger partial charge on any atom is -0.321 e. The summed E-state index contributed by atoms with van der Waals surface area (Å²) in [6.45, 7) is 6.47. The topological polar surface area (TPSA) is 46.2 Å². The smallest absolute Gasteiger partial charge is 0.256 e. The lowest BCUT2D eigenvalue weighted by Crippen LogP contribution is -2.19. The molecule has 1 aromatic rings. The second kappa shape index (κ2) is 6.43. The summed E-state index contributed by atoms with van der Waals surface area (Å²) in [7, 11) is 0. The number of allylic oxidation sites excluding steroid dienone is 5. The first kappa shape index (κ1) is 17.3. The van der Waals surface area contributed by atoms with Crippen LogP contribution in [0.15, 0.2) is 47.6 Å². The van der Waals surface area contributed by atoms with Crippen molar-refractivity contribution in [3.63, 3.8) is 0 Å². The number of benzene rings is 1. The van der Waals surface area contributed by atoms with E-state index in [9.17, 15) is 14.0 Å². The normalized spacial score (nSPS) is 21.0. The molecule has 1 aliphatic carbocycles. The van der Waals surface area contributed by atoms with Crippen molar-refractivity contribution in [2.24, 2.45) is 5.41 Å². The molecule has 2 aliphatic rings. The third-order valence-corrected chi connectivity index (χ3v) is 5.01. The molecule has 130 valence electrons. The summed E-state index contributed by atoms with van der Waals surface area (Å²) < 4.78 is 13.4. The van der Waals surface area contributed by atoms with Gasteiger partial charge >= 0.3 is 0 Å². The van der Waals surface area contributed by atoms with Gasteiger partial charge in [-0.2, -0.15) is 0 Å². The summed E-state index contributed by atoms with van der Waals surface area (Å²) in [5, 5.41) is 2.65. The molecule has 0 spiro atoms. The van der Waals surface area contributed by atoms with Crippen LogP contribution in [0.2, 0.25) is 0 Å². The Morgan fingerprint density at radius 2 is 2.08 bits per heavy atom. The van der Waals surface area contributed by atoms with Crippen molar-refractivity contribution in [1.29, 1.82) is 0 Å². The van der Waals surface area contributed by atoms with Gasteiger partial charge in [-0.3, -0.25) is 9.59 Å². The first-order valence-corrected chi connectivity index (χ1v) is 8.53. The van der Waals surface area contributed by atoms with E-state index in [1.807, 2.05) is 6.08 Å². The molecule has 0 radical (unpaired) electrons. The van der Waals surface area contributed by atoms with Crippen molar-refractivity contribution in [2.45, 2.75) is 40.0 Å². The van der Waals surface area contributed by atoms with Gasteiger partial charge < -0.3 is 5.32 Å². The van der Waals surface area contributed by atoms with Gasteiger partial charge in [0.1, 0.15) is 5.82 Å². The highest BCUT2D eigenvalue weighted by atomic mass is 19.1. The molecule has 3 nitrogen and oxygen atoms in total. The first-order valence-electron chi connectivity index (χ1n) is 8.53. The Bertz CT molecular complexity index is 843. The largest absolute Gasteiger partial charge is 0.321 e. The first-order chi connectivity index (χ1) is 11.8. The number of hydrogen-bond acceptors (Lipinski definition) is 2. The van der Waals surface area contributed by atoms with Crippen LogP contribution < -0.4 is 5.32 Å². The molecule has 3 rings (SSSR count). The number of anilines is 1. The van der Waals surface area contributed by atoms with Gasteiger partial charge in [0, 0.05) is 11.3 Å². The Balaban J connectivity index is 1.87. The van der Waals surface area contributed by atoms with E-state index in [1.54, 1.807) is 0 Å². The number of carbonyl (C=O) groups is 2. The molecule has 4 heteroatoms. The van der Waals surface area contributed by atoms with E-state index in [4.69, 9.17) is 0 Å². The SMILES string of the molecule is CC1=C(C=CC(=O)C=C2C(=O)Nc3ccc(F)cc32)C(C)(C)CCC1. The maximum absolute atomic E-state index is 13.4. The zero-order valence-electron chi connectivity index (χ0n) is 14.8. The van der Waals surface area contributed by atoms with E-state index < -0.39 is 5.82 Å². The quantitative estimate of drug-likeness (QED) is 0.803. The van der Waals surface area contributed by atoms with Crippen LogP contribution in [0, 0.1) is 11.2 Å². The second-order valence-electron chi connectivity index (χ2n) is 7.37. The van der Waals surface area contributed by atoms with Crippen molar-refractivity contribution < 1.29 is 14.0 Å². The van der Waals surface area contributed by atoms with Crippen LogP contribution in [-0.2, 0) is 9.59 Å². The highest BCUT2D eigenvalue weighted by molar-refractivity contribution is 6.34. The molecular weight excluding hydrogens is 317 g/mol. The van der Waals surface area contributed by atoms with Gasteiger partial charge in [-0.25, -0.2) is 4.39 Å². The van der Waals surface area contributed by atoms with Crippen LogP contribution in [0.5, 0.6) is 0 Å². The van der Waals surface area contributed by atoms with Crippen molar-refractivity contribution >= 4 is 23.0 Å². The minimum absolute atomic E-state index is 0.0483. The van der Waals surface area contributed by atoms with E-state index >= 15 is 0 Å². The molecule has 0 aromatic heterocycles. The summed E-state index contributed by atoms with van der Waals surface area (Å²) in [5.74, 6) is -1.09. The Labute approximate surface area is 147 Å². The molecule has 1 heterocycles. The third kappa shape index (κ3) is 3.48. The zero-order chi connectivity index (χ0) is 18.2. The lowest BCUT2D eigenvalue weighted by molar-refractivity contribution is -0.112. The number of halogens is 1. The third-order valence-electron chi connectivity index (χ3n) is 5.01. The fourth-order valence-electron chi connectivity index (χ4n) is 3.67. The molecule has 0 saturated carbocycles. The molecule has 1 amide bonds. The molecule has 25 heavy (non-hydrogen) atoms. The highest BCUT2D eigenvalue weighted by Gasteiger charge is 2.27. The summed E-state index contributed by atoms with van der Waals surface area (Å²) in [6.07, 6.45) is 7.96. The van der Waals surface area contributed by atoms with Crippen LogP contribution in [0.25, 0.3) is 5.57 Å². The Hall–Kier alpha value is -2.49. The number of ketones is 1. The Kier molecular flexibility index (Phi) is 4.46. The van der Waals surface area contributed by atoms with Crippen LogP contribution in [0.1, 0.15) is 45.6 Å². The van der Waals surface area contributed by atoms with Crippen LogP contribution >= 0.6 is 0 Å². The lowest BCUT2D eigenvalue weighted by Gasteiger charge is -2.32. The van der Waals surface area contributed by atoms with Gasteiger partial charge in [-0.15, -0.1) is 0 Å². The van der Waals surface area contributed by atoms with Crippen molar-refractivity contribution in [3.05, 3.63) is 59.0 Å². The van der Waals surface area contributed by atoms with Crippen LogP contribution in [-0.4, -0.2) is 11.7 Å². The monoisotopic (exact) mass is 339 g/mol. The number of fused-ring (bicyclic) bond motifs is 1.